The molecular weight excluding hydrogens is 434 g/mol. The number of carboxylic acid groups (broad SMARTS) is 2. The van der Waals surface area contributed by atoms with Crippen LogP contribution in [0.5, 0.6) is 0 Å². The van der Waals surface area contributed by atoms with Crippen LogP contribution >= 0.6 is 0 Å². The van der Waals surface area contributed by atoms with Crippen LogP contribution in [0, 0.1) is 11.8 Å². The molecule has 4 unspecified atom stereocenters. The van der Waals surface area contributed by atoms with Gasteiger partial charge in [0, 0.05) is 6.42 Å². The molecule has 3 amide bonds. The molecule has 0 aliphatic carbocycles. The Balaban J connectivity index is 5.40. The summed E-state index contributed by atoms with van der Waals surface area (Å²) in [5.74, 6) is -4.97. The van der Waals surface area contributed by atoms with Crippen molar-refractivity contribution < 1.29 is 34.2 Å². The Bertz CT molecular complexity index is 684. The summed E-state index contributed by atoms with van der Waals surface area (Å²) in [6.45, 7) is 7.08. The number of rotatable bonds is 16. The molecule has 0 heterocycles. The number of carbonyl (C=O) groups excluding carboxylic acids is 3. The highest BCUT2D eigenvalue weighted by molar-refractivity contribution is 5.94. The van der Waals surface area contributed by atoms with Crippen LogP contribution < -0.4 is 27.4 Å². The molecule has 0 aromatic heterocycles. The molecule has 4 atom stereocenters. The number of carbonyl (C=O) groups is 5. The van der Waals surface area contributed by atoms with Crippen LogP contribution in [0.2, 0.25) is 0 Å². The molecule has 0 aliphatic heterocycles. The van der Waals surface area contributed by atoms with E-state index in [9.17, 15) is 29.1 Å². The highest BCUT2D eigenvalue weighted by atomic mass is 16.4. The van der Waals surface area contributed by atoms with Gasteiger partial charge in [0.15, 0.2) is 0 Å². The summed E-state index contributed by atoms with van der Waals surface area (Å²) in [5.41, 5.74) is 11.2. The third-order valence-electron chi connectivity index (χ3n) is 5.06. The SMILES string of the molecule is CC(C)C(NC(=O)C(NC(=O)C(CCCCN)NC(=O)C(N)CCC(=O)O)C(C)C)C(=O)O. The van der Waals surface area contributed by atoms with Crippen LogP contribution in [0.1, 0.15) is 59.8 Å². The van der Waals surface area contributed by atoms with Crippen molar-refractivity contribution in [3.05, 3.63) is 0 Å². The summed E-state index contributed by atoms with van der Waals surface area (Å²) < 4.78 is 0. The number of aliphatic carboxylic acids is 2. The first-order chi connectivity index (χ1) is 15.3. The highest BCUT2D eigenvalue weighted by Gasteiger charge is 2.32. The van der Waals surface area contributed by atoms with Gasteiger partial charge in [-0.15, -0.1) is 0 Å². The Labute approximate surface area is 194 Å². The molecule has 0 spiro atoms. The van der Waals surface area contributed by atoms with E-state index in [4.69, 9.17) is 16.6 Å². The monoisotopic (exact) mass is 473 g/mol. The summed E-state index contributed by atoms with van der Waals surface area (Å²) in [5, 5.41) is 25.6. The van der Waals surface area contributed by atoms with Crippen LogP contribution in [-0.4, -0.2) is 70.6 Å². The number of carboxylic acids is 2. The van der Waals surface area contributed by atoms with Gasteiger partial charge in [0.2, 0.25) is 17.7 Å². The third-order valence-corrected chi connectivity index (χ3v) is 5.06. The first-order valence-corrected chi connectivity index (χ1v) is 11.1. The van der Waals surface area contributed by atoms with Gasteiger partial charge in [-0.3, -0.25) is 19.2 Å². The van der Waals surface area contributed by atoms with Crippen molar-refractivity contribution in [3.63, 3.8) is 0 Å². The number of nitrogens with one attached hydrogen (secondary N) is 3. The maximum atomic E-state index is 12.9. The van der Waals surface area contributed by atoms with Gasteiger partial charge in [-0.2, -0.15) is 0 Å². The Kier molecular flexibility index (Phi) is 13.9. The molecule has 12 nitrogen and oxygen atoms in total. The quantitative estimate of drug-likeness (QED) is 0.139. The fourth-order valence-electron chi connectivity index (χ4n) is 3.00. The Morgan fingerprint density at radius 1 is 0.758 bits per heavy atom. The lowest BCUT2D eigenvalue weighted by molar-refractivity contribution is -0.144. The molecule has 0 bridgehead atoms. The molecule has 190 valence electrons. The highest BCUT2D eigenvalue weighted by Crippen LogP contribution is 2.09. The zero-order chi connectivity index (χ0) is 25.7. The third kappa shape index (κ3) is 11.6. The molecule has 12 heteroatoms. The van der Waals surface area contributed by atoms with Crippen LogP contribution in [0.3, 0.4) is 0 Å². The van der Waals surface area contributed by atoms with Crippen LogP contribution in [0.15, 0.2) is 0 Å². The topological polar surface area (TPSA) is 214 Å². The van der Waals surface area contributed by atoms with Gasteiger partial charge in [-0.05, 0) is 44.1 Å². The molecule has 0 fully saturated rings. The lowest BCUT2D eigenvalue weighted by Gasteiger charge is -2.28. The van der Waals surface area contributed by atoms with Gasteiger partial charge < -0.3 is 37.6 Å². The molecule has 33 heavy (non-hydrogen) atoms. The molecule has 9 N–H and O–H groups in total. The van der Waals surface area contributed by atoms with E-state index in [0.29, 0.717) is 19.4 Å². The van der Waals surface area contributed by atoms with E-state index < -0.39 is 53.8 Å². The van der Waals surface area contributed by atoms with Crippen LogP contribution in [-0.2, 0) is 24.0 Å². The maximum absolute atomic E-state index is 12.9. The lowest BCUT2D eigenvalue weighted by Crippen LogP contribution is -2.59. The smallest absolute Gasteiger partial charge is 0.326 e. The summed E-state index contributed by atoms with van der Waals surface area (Å²) >= 11 is 0. The summed E-state index contributed by atoms with van der Waals surface area (Å²) in [7, 11) is 0. The fourth-order valence-corrected chi connectivity index (χ4v) is 3.00. The van der Waals surface area contributed by atoms with E-state index in [2.05, 4.69) is 16.0 Å². The molecule has 0 aliphatic rings. The second kappa shape index (κ2) is 15.2. The standard InChI is InChI=1S/C21H39N5O7/c1-11(2)16(20(31)26-17(12(3)4)21(32)33)25-19(30)14(7-5-6-10-22)24-18(29)13(23)8-9-15(27)28/h11-14,16-17H,5-10,22-23H2,1-4H3,(H,24,29)(H,25,30)(H,26,31)(H,27,28)(H,32,33). The van der Waals surface area contributed by atoms with Crippen LogP contribution in [0.4, 0.5) is 0 Å². The zero-order valence-corrected chi connectivity index (χ0v) is 19.8. The average Bonchev–Trinajstić information content (AvgIpc) is 2.72. The minimum absolute atomic E-state index is 0.0961. The molecule has 0 rings (SSSR count). The largest absolute Gasteiger partial charge is 0.481 e. The number of nitrogens with two attached hydrogens (primary N) is 2. The minimum Gasteiger partial charge on any atom is -0.481 e. The number of amides is 3. The van der Waals surface area contributed by atoms with E-state index in [1.165, 1.54) is 0 Å². The first kappa shape index (κ1) is 30.3. The fraction of sp³-hybridized carbons (Fsp3) is 0.762. The zero-order valence-electron chi connectivity index (χ0n) is 19.8. The first-order valence-electron chi connectivity index (χ1n) is 11.1. The lowest BCUT2D eigenvalue weighted by atomic mass is 9.99. The normalized spacial score (nSPS) is 14.8. The van der Waals surface area contributed by atoms with Crippen molar-refractivity contribution in [3.8, 4) is 0 Å². The Hall–Kier alpha value is -2.73. The Morgan fingerprint density at radius 2 is 1.30 bits per heavy atom. The molecule has 0 aromatic carbocycles. The van der Waals surface area contributed by atoms with Gasteiger partial charge in [0.25, 0.3) is 0 Å². The average molecular weight is 474 g/mol. The molecule has 0 saturated heterocycles. The summed E-state index contributed by atoms with van der Waals surface area (Å²) in [4.78, 5) is 60.2. The van der Waals surface area contributed by atoms with Gasteiger partial charge in [0.1, 0.15) is 18.1 Å². The van der Waals surface area contributed by atoms with E-state index in [0.717, 1.165) is 0 Å². The van der Waals surface area contributed by atoms with E-state index in [1.807, 2.05) is 0 Å². The van der Waals surface area contributed by atoms with Crippen molar-refractivity contribution in [1.82, 2.24) is 16.0 Å². The van der Waals surface area contributed by atoms with Crippen molar-refractivity contribution in [1.29, 1.82) is 0 Å². The molecule has 0 radical (unpaired) electrons. The van der Waals surface area contributed by atoms with Gasteiger partial charge in [-0.25, -0.2) is 4.79 Å². The second-order valence-corrected chi connectivity index (χ2v) is 8.68. The van der Waals surface area contributed by atoms with Gasteiger partial charge >= 0.3 is 11.9 Å². The Morgan fingerprint density at radius 3 is 1.76 bits per heavy atom. The number of unbranched alkanes of at least 4 members (excludes halogenated alkanes) is 1. The predicted octanol–water partition coefficient (Wildman–Crippen LogP) is -0.841. The second-order valence-electron chi connectivity index (χ2n) is 8.68. The van der Waals surface area contributed by atoms with Gasteiger partial charge in [0.05, 0.1) is 6.04 Å². The molecule has 0 aromatic rings. The van der Waals surface area contributed by atoms with Crippen molar-refractivity contribution in [2.75, 3.05) is 6.54 Å². The molecular formula is C21H39N5O7. The summed E-state index contributed by atoms with van der Waals surface area (Å²) in [6, 6.07) is -4.29. The van der Waals surface area contributed by atoms with Gasteiger partial charge in [-0.1, -0.05) is 27.7 Å². The van der Waals surface area contributed by atoms with Crippen molar-refractivity contribution in [2.45, 2.75) is 84.0 Å². The van der Waals surface area contributed by atoms with Crippen molar-refractivity contribution >= 4 is 29.7 Å². The summed E-state index contributed by atoms with van der Waals surface area (Å²) in [6.07, 6.45) is 0.965. The minimum atomic E-state index is -1.19. The molecule has 0 saturated carbocycles. The maximum Gasteiger partial charge on any atom is 0.326 e. The number of hydrogen-bond donors (Lipinski definition) is 7. The number of hydrogen-bond acceptors (Lipinski definition) is 7. The van der Waals surface area contributed by atoms with Crippen molar-refractivity contribution in [2.24, 2.45) is 23.3 Å². The van der Waals surface area contributed by atoms with E-state index in [1.54, 1.807) is 27.7 Å². The van der Waals surface area contributed by atoms with E-state index in [-0.39, 0.29) is 31.1 Å². The van der Waals surface area contributed by atoms with E-state index >= 15 is 0 Å². The van der Waals surface area contributed by atoms with Crippen LogP contribution in [0.25, 0.3) is 0 Å². The predicted molar refractivity (Wildman–Crippen MR) is 121 cm³/mol.